The molecule has 3 N–H and O–H groups in total. The number of halogens is 3. The van der Waals surface area contributed by atoms with Crippen LogP contribution >= 0.6 is 0 Å². The SMILES string of the molecule is COc1cc(C(=O)Nc2ccc(C(=O)O)cc2)cc(NS(=O)(=O)c2cccc(C(F)(F)F)c2)c1OC. The van der Waals surface area contributed by atoms with Crippen LogP contribution < -0.4 is 19.5 Å². The van der Waals surface area contributed by atoms with Gasteiger partial charge in [-0.15, -0.1) is 0 Å². The highest BCUT2D eigenvalue weighted by Gasteiger charge is 2.32. The average Bonchev–Trinajstić information content (AvgIpc) is 2.83. The molecule has 3 aromatic rings. The summed E-state index contributed by atoms with van der Waals surface area (Å²) < 4.78 is 77.5. The maximum atomic E-state index is 13.1. The standard InChI is InChI=1S/C23H19F3N2O7S/c1-34-19-11-14(21(29)27-16-8-6-13(7-9-16)22(30)31)10-18(20(19)35-2)28-36(32,33)17-5-3-4-15(12-17)23(24,25)26/h3-12,28H,1-2H3,(H,27,29)(H,30,31). The van der Waals surface area contributed by atoms with Crippen LogP contribution in [0.4, 0.5) is 24.5 Å². The molecule has 9 nitrogen and oxygen atoms in total. The summed E-state index contributed by atoms with van der Waals surface area (Å²) in [6.07, 6.45) is -4.76. The lowest BCUT2D eigenvalue weighted by atomic mass is 10.1. The third kappa shape index (κ3) is 5.86. The summed E-state index contributed by atoms with van der Waals surface area (Å²) in [6, 6.07) is 10.8. The minimum atomic E-state index is -4.76. The van der Waals surface area contributed by atoms with Gasteiger partial charge < -0.3 is 19.9 Å². The maximum Gasteiger partial charge on any atom is 0.416 e. The summed E-state index contributed by atoms with van der Waals surface area (Å²) in [6.45, 7) is 0. The Labute approximate surface area is 203 Å². The second-order valence-corrected chi connectivity index (χ2v) is 8.91. The van der Waals surface area contributed by atoms with Gasteiger partial charge in [-0.25, -0.2) is 13.2 Å². The number of carboxylic acid groups (broad SMARTS) is 1. The van der Waals surface area contributed by atoms with E-state index in [1.165, 1.54) is 44.6 Å². The Morgan fingerprint density at radius 3 is 2.14 bits per heavy atom. The molecule has 36 heavy (non-hydrogen) atoms. The molecule has 0 spiro atoms. The van der Waals surface area contributed by atoms with Crippen LogP contribution in [0.25, 0.3) is 0 Å². The lowest BCUT2D eigenvalue weighted by molar-refractivity contribution is -0.137. The molecule has 190 valence electrons. The number of hydrogen-bond donors (Lipinski definition) is 3. The van der Waals surface area contributed by atoms with Gasteiger partial charge in [-0.3, -0.25) is 9.52 Å². The number of carbonyl (C=O) groups is 2. The van der Waals surface area contributed by atoms with E-state index in [4.69, 9.17) is 14.6 Å². The molecule has 0 aliphatic rings. The first-order chi connectivity index (χ1) is 16.9. The number of carbonyl (C=O) groups excluding carboxylic acids is 1. The van der Waals surface area contributed by atoms with Gasteiger partial charge in [-0.2, -0.15) is 13.2 Å². The first-order valence-electron chi connectivity index (χ1n) is 9.96. The summed E-state index contributed by atoms with van der Waals surface area (Å²) in [4.78, 5) is 23.1. The van der Waals surface area contributed by atoms with Gasteiger partial charge in [0.1, 0.15) is 0 Å². The Balaban J connectivity index is 1.97. The number of benzene rings is 3. The summed E-state index contributed by atoms with van der Waals surface area (Å²) in [5.41, 5.74) is -1.24. The summed E-state index contributed by atoms with van der Waals surface area (Å²) in [5, 5.41) is 11.5. The average molecular weight is 524 g/mol. The van der Waals surface area contributed by atoms with Gasteiger partial charge >= 0.3 is 12.1 Å². The van der Waals surface area contributed by atoms with E-state index in [2.05, 4.69) is 10.0 Å². The van der Waals surface area contributed by atoms with Crippen molar-refractivity contribution < 1.29 is 45.8 Å². The zero-order valence-electron chi connectivity index (χ0n) is 18.7. The van der Waals surface area contributed by atoms with Crippen molar-refractivity contribution in [3.63, 3.8) is 0 Å². The number of hydrogen-bond acceptors (Lipinski definition) is 6. The normalized spacial score (nSPS) is 11.5. The second-order valence-electron chi connectivity index (χ2n) is 7.23. The van der Waals surface area contributed by atoms with E-state index in [1.807, 2.05) is 0 Å². The number of methoxy groups -OCH3 is 2. The maximum absolute atomic E-state index is 13.1. The highest BCUT2D eigenvalue weighted by Crippen LogP contribution is 2.38. The van der Waals surface area contributed by atoms with Crippen molar-refractivity contribution in [2.45, 2.75) is 11.1 Å². The molecule has 0 aromatic heterocycles. The monoisotopic (exact) mass is 524 g/mol. The van der Waals surface area contributed by atoms with Crippen molar-refractivity contribution in [3.05, 3.63) is 77.4 Å². The molecular weight excluding hydrogens is 505 g/mol. The van der Waals surface area contributed by atoms with Crippen LogP contribution in [0.5, 0.6) is 11.5 Å². The number of sulfonamides is 1. The smallest absolute Gasteiger partial charge is 0.416 e. The number of alkyl halides is 3. The van der Waals surface area contributed by atoms with Crippen LogP contribution in [0, 0.1) is 0 Å². The number of rotatable bonds is 8. The zero-order valence-corrected chi connectivity index (χ0v) is 19.5. The topological polar surface area (TPSA) is 131 Å². The fraction of sp³-hybridized carbons (Fsp3) is 0.130. The number of ether oxygens (including phenoxy) is 2. The van der Waals surface area contributed by atoms with E-state index >= 15 is 0 Å². The van der Waals surface area contributed by atoms with Crippen molar-refractivity contribution >= 4 is 33.3 Å². The molecule has 0 atom stereocenters. The van der Waals surface area contributed by atoms with Crippen molar-refractivity contribution in [1.82, 2.24) is 0 Å². The van der Waals surface area contributed by atoms with Crippen LogP contribution in [-0.4, -0.2) is 39.6 Å². The predicted octanol–water partition coefficient (Wildman–Crippen LogP) is 4.47. The van der Waals surface area contributed by atoms with Crippen molar-refractivity contribution in [1.29, 1.82) is 0 Å². The molecule has 1 amide bonds. The summed E-state index contributed by atoms with van der Waals surface area (Å²) in [5.74, 6) is -2.01. The molecular formula is C23H19F3N2O7S. The van der Waals surface area contributed by atoms with E-state index in [9.17, 15) is 31.2 Å². The van der Waals surface area contributed by atoms with Gasteiger partial charge in [0.05, 0.1) is 35.9 Å². The minimum Gasteiger partial charge on any atom is -0.493 e. The Bertz CT molecular complexity index is 1410. The molecule has 0 saturated carbocycles. The van der Waals surface area contributed by atoms with Crippen molar-refractivity contribution in [3.8, 4) is 11.5 Å². The van der Waals surface area contributed by atoms with Crippen LogP contribution in [0.3, 0.4) is 0 Å². The second kappa shape index (κ2) is 10.2. The molecule has 0 bridgehead atoms. The molecule has 0 aliphatic heterocycles. The zero-order chi connectivity index (χ0) is 26.7. The highest BCUT2D eigenvalue weighted by atomic mass is 32.2. The van der Waals surface area contributed by atoms with Gasteiger partial charge in [-0.1, -0.05) is 6.07 Å². The number of nitrogens with one attached hydrogen (secondary N) is 2. The lowest BCUT2D eigenvalue weighted by Crippen LogP contribution is -2.17. The first-order valence-corrected chi connectivity index (χ1v) is 11.4. The molecule has 3 aromatic carbocycles. The minimum absolute atomic E-state index is 0.00500. The fourth-order valence-corrected chi connectivity index (χ4v) is 4.21. The Kier molecular flexibility index (Phi) is 7.43. The summed E-state index contributed by atoms with van der Waals surface area (Å²) >= 11 is 0. The third-order valence-corrected chi connectivity index (χ3v) is 6.21. The number of anilines is 2. The van der Waals surface area contributed by atoms with Crippen LogP contribution in [0.15, 0.2) is 65.6 Å². The molecule has 3 rings (SSSR count). The predicted molar refractivity (Wildman–Crippen MR) is 123 cm³/mol. The Morgan fingerprint density at radius 1 is 0.917 bits per heavy atom. The van der Waals surface area contributed by atoms with E-state index in [-0.39, 0.29) is 34.0 Å². The largest absolute Gasteiger partial charge is 0.493 e. The lowest BCUT2D eigenvalue weighted by Gasteiger charge is -2.17. The van der Waals surface area contributed by atoms with Gasteiger partial charge in [0.25, 0.3) is 15.9 Å². The van der Waals surface area contributed by atoms with E-state index in [1.54, 1.807) is 0 Å². The number of aromatic carboxylic acids is 1. The molecule has 0 heterocycles. The fourth-order valence-electron chi connectivity index (χ4n) is 3.11. The van der Waals surface area contributed by atoms with E-state index in [0.717, 1.165) is 24.3 Å². The van der Waals surface area contributed by atoms with Gasteiger partial charge in [0.15, 0.2) is 11.5 Å². The van der Waals surface area contributed by atoms with E-state index < -0.39 is 38.5 Å². The van der Waals surface area contributed by atoms with Gasteiger partial charge in [-0.05, 0) is 54.6 Å². The molecule has 0 saturated heterocycles. The Morgan fingerprint density at radius 2 is 1.58 bits per heavy atom. The van der Waals surface area contributed by atoms with Gasteiger partial charge in [0, 0.05) is 11.3 Å². The van der Waals surface area contributed by atoms with Crippen LogP contribution in [0.1, 0.15) is 26.3 Å². The van der Waals surface area contributed by atoms with Gasteiger partial charge in [0.2, 0.25) is 0 Å². The Hall–Kier alpha value is -4.26. The molecule has 0 fully saturated rings. The third-order valence-electron chi connectivity index (χ3n) is 4.85. The van der Waals surface area contributed by atoms with Crippen molar-refractivity contribution in [2.75, 3.05) is 24.3 Å². The highest BCUT2D eigenvalue weighted by molar-refractivity contribution is 7.92. The molecule has 13 heteroatoms. The van der Waals surface area contributed by atoms with Crippen LogP contribution in [-0.2, 0) is 16.2 Å². The number of carboxylic acids is 1. The molecule has 0 aliphatic carbocycles. The molecule has 0 unspecified atom stereocenters. The van der Waals surface area contributed by atoms with Crippen LogP contribution in [0.2, 0.25) is 0 Å². The summed E-state index contributed by atoms with van der Waals surface area (Å²) in [7, 11) is -2.08. The quantitative estimate of drug-likeness (QED) is 0.396. The molecule has 0 radical (unpaired) electrons. The first kappa shape index (κ1) is 26.3. The van der Waals surface area contributed by atoms with E-state index in [0.29, 0.717) is 6.07 Å². The van der Waals surface area contributed by atoms with Crippen molar-refractivity contribution in [2.24, 2.45) is 0 Å². The number of amides is 1.